The number of halogens is 4. The molecule has 0 saturated carbocycles. The molecule has 5 rings (SSSR count). The van der Waals surface area contributed by atoms with Crippen LogP contribution in [0, 0.1) is 37.1 Å². The zero-order valence-corrected chi connectivity index (χ0v) is 20.1. The lowest BCUT2D eigenvalue weighted by Gasteiger charge is -2.41. The van der Waals surface area contributed by atoms with Crippen molar-refractivity contribution in [1.29, 1.82) is 0 Å². The molecular weight excluding hydrogens is 512 g/mol. The maximum absolute atomic E-state index is 14.5. The van der Waals surface area contributed by atoms with E-state index in [0.29, 0.717) is 17.5 Å². The summed E-state index contributed by atoms with van der Waals surface area (Å²) in [6, 6.07) is 0.911. The van der Waals surface area contributed by atoms with Crippen LogP contribution in [-0.2, 0) is 0 Å². The molecule has 2 aliphatic rings. The van der Waals surface area contributed by atoms with Gasteiger partial charge in [-0.2, -0.15) is 10.2 Å². The van der Waals surface area contributed by atoms with Gasteiger partial charge >= 0.3 is 6.03 Å². The summed E-state index contributed by atoms with van der Waals surface area (Å²) in [6.07, 6.45) is 0.0356. The van der Waals surface area contributed by atoms with Crippen LogP contribution < -0.4 is 4.74 Å². The van der Waals surface area contributed by atoms with Gasteiger partial charge in [0, 0.05) is 30.3 Å². The summed E-state index contributed by atoms with van der Waals surface area (Å²) < 4.78 is 63.2. The molecule has 14 heteroatoms. The first kappa shape index (κ1) is 25.6. The van der Waals surface area contributed by atoms with Gasteiger partial charge in [0.05, 0.1) is 42.3 Å². The van der Waals surface area contributed by atoms with Crippen molar-refractivity contribution in [1.82, 2.24) is 24.7 Å². The molecule has 1 fully saturated rings. The molecule has 0 bridgehead atoms. The fourth-order valence-electron chi connectivity index (χ4n) is 4.54. The number of likely N-dealkylation sites (tertiary alicyclic amines) is 1. The predicted octanol–water partition coefficient (Wildman–Crippen LogP) is 3.04. The second-order valence-electron chi connectivity index (χ2n) is 8.96. The quantitative estimate of drug-likeness (QED) is 0.295. The highest BCUT2D eigenvalue weighted by Gasteiger charge is 2.40. The minimum Gasteiger partial charge on any atom is -0.483 e. The van der Waals surface area contributed by atoms with Gasteiger partial charge in [-0.1, -0.05) is 0 Å². The number of ether oxygens (including phenoxy) is 1. The number of hydrogen-bond donors (Lipinski definition) is 2. The Hall–Kier alpha value is -4.04. The number of aliphatic hydroxyl groups excluding tert-OH is 1. The highest BCUT2D eigenvalue weighted by Crippen LogP contribution is 2.34. The van der Waals surface area contributed by atoms with E-state index in [1.807, 2.05) is 0 Å². The van der Waals surface area contributed by atoms with Crippen molar-refractivity contribution in [3.63, 3.8) is 0 Å². The van der Waals surface area contributed by atoms with Gasteiger partial charge in [0.15, 0.2) is 35.3 Å². The second kappa shape index (κ2) is 9.68. The Balaban J connectivity index is 1.27. The topological polar surface area (TPSA) is 116 Å². The predicted molar refractivity (Wildman–Crippen MR) is 123 cm³/mol. The number of urea groups is 1. The summed E-state index contributed by atoms with van der Waals surface area (Å²) in [5.74, 6) is -4.31. The lowest BCUT2D eigenvalue weighted by molar-refractivity contribution is -0.0433. The molecule has 10 nitrogen and oxygen atoms in total. The molecule has 0 spiro atoms. The molecular formula is C24H22F4N6O4. The summed E-state index contributed by atoms with van der Waals surface area (Å²) in [6.45, 7) is 3.30. The smallest absolute Gasteiger partial charge is 0.341 e. The van der Waals surface area contributed by atoms with Crippen LogP contribution in [-0.4, -0.2) is 66.3 Å². The molecule has 38 heavy (non-hydrogen) atoms. The van der Waals surface area contributed by atoms with E-state index in [4.69, 9.17) is 4.74 Å². The first-order valence-corrected chi connectivity index (χ1v) is 11.5. The Labute approximate surface area is 213 Å². The van der Waals surface area contributed by atoms with Gasteiger partial charge < -0.3 is 19.8 Å². The van der Waals surface area contributed by atoms with Gasteiger partial charge in [0.1, 0.15) is 11.9 Å². The van der Waals surface area contributed by atoms with E-state index in [-0.39, 0.29) is 42.2 Å². The van der Waals surface area contributed by atoms with Gasteiger partial charge in [0.25, 0.3) is 0 Å². The highest BCUT2D eigenvalue weighted by atomic mass is 19.2. The van der Waals surface area contributed by atoms with Crippen molar-refractivity contribution in [3.05, 3.63) is 70.2 Å². The number of hydrogen-bond acceptors (Lipinski definition) is 7. The third-order valence-electron chi connectivity index (χ3n) is 6.45. The maximum atomic E-state index is 14.5. The molecule has 0 aliphatic carbocycles. The number of aromatic nitrogens is 3. The molecule has 2 amide bonds. The number of benzene rings is 1. The normalized spacial score (nSPS) is 17.4. The Morgan fingerprint density at radius 1 is 1.11 bits per heavy atom. The van der Waals surface area contributed by atoms with Gasteiger partial charge in [-0.25, -0.2) is 37.0 Å². The Morgan fingerprint density at radius 3 is 2.53 bits per heavy atom. The van der Waals surface area contributed by atoms with E-state index in [1.54, 1.807) is 13.8 Å². The van der Waals surface area contributed by atoms with Crippen LogP contribution in [0.15, 0.2) is 29.5 Å². The summed E-state index contributed by atoms with van der Waals surface area (Å²) in [5, 5.41) is 28.3. The fraction of sp³-hybridized carbons (Fsp3) is 0.333. The van der Waals surface area contributed by atoms with Gasteiger partial charge in [-0.3, -0.25) is 0 Å². The summed E-state index contributed by atoms with van der Waals surface area (Å²) in [5.41, 5.74) is 0.644. The van der Waals surface area contributed by atoms with E-state index in [9.17, 15) is 32.6 Å². The summed E-state index contributed by atoms with van der Waals surface area (Å²) in [4.78, 5) is 18.3. The number of amides is 2. The number of rotatable bonds is 5. The third kappa shape index (κ3) is 4.45. The molecule has 1 saturated heterocycles. The molecule has 1 atom stereocenters. The summed E-state index contributed by atoms with van der Waals surface area (Å²) >= 11 is 0. The number of aryl methyl sites for hydroxylation is 1. The molecule has 1 aromatic carbocycles. The van der Waals surface area contributed by atoms with Crippen LogP contribution in [0.1, 0.15) is 41.3 Å². The van der Waals surface area contributed by atoms with E-state index >= 15 is 0 Å². The van der Waals surface area contributed by atoms with E-state index < -0.39 is 47.7 Å². The largest absolute Gasteiger partial charge is 0.483 e. The number of carbonyl (C=O) groups is 1. The maximum Gasteiger partial charge on any atom is 0.341 e. The third-order valence-corrected chi connectivity index (χ3v) is 6.45. The first-order valence-electron chi connectivity index (χ1n) is 11.5. The van der Waals surface area contributed by atoms with Crippen molar-refractivity contribution < 1.29 is 37.3 Å². The number of hydrazone groups is 1. The Morgan fingerprint density at radius 2 is 1.84 bits per heavy atom. The molecule has 0 radical (unpaired) electrons. The minimum atomic E-state index is -1.74. The Kier molecular flexibility index (Phi) is 6.53. The van der Waals surface area contributed by atoms with Crippen LogP contribution in [0.3, 0.4) is 0 Å². The highest BCUT2D eigenvalue weighted by molar-refractivity contribution is 5.79. The minimum absolute atomic E-state index is 0.0510. The zero-order valence-electron chi connectivity index (χ0n) is 20.1. The summed E-state index contributed by atoms with van der Waals surface area (Å²) in [7, 11) is 0. The monoisotopic (exact) mass is 534 g/mol. The van der Waals surface area contributed by atoms with E-state index in [1.165, 1.54) is 21.9 Å². The second-order valence-corrected chi connectivity index (χ2v) is 8.96. The van der Waals surface area contributed by atoms with Gasteiger partial charge in [-0.15, -0.1) is 0 Å². The van der Waals surface area contributed by atoms with Crippen LogP contribution >= 0.6 is 0 Å². The Bertz CT molecular complexity index is 1440. The van der Waals surface area contributed by atoms with Crippen molar-refractivity contribution in [2.24, 2.45) is 5.10 Å². The molecule has 2 aromatic heterocycles. The molecule has 2 N–H and O–H groups in total. The average Bonchev–Trinajstić information content (AvgIpc) is 3.43. The average molecular weight is 534 g/mol. The first-order chi connectivity index (χ1) is 18.0. The van der Waals surface area contributed by atoms with Crippen molar-refractivity contribution in [2.75, 3.05) is 13.1 Å². The van der Waals surface area contributed by atoms with Crippen LogP contribution in [0.5, 0.6) is 5.75 Å². The number of nitrogens with zero attached hydrogens (tertiary/aromatic N) is 6. The van der Waals surface area contributed by atoms with E-state index in [0.717, 1.165) is 17.3 Å². The molecule has 200 valence electrons. The number of aliphatic hydroxyl groups is 2. The zero-order chi connectivity index (χ0) is 27.3. The molecule has 3 aromatic rings. The van der Waals surface area contributed by atoms with Gasteiger partial charge in [0.2, 0.25) is 0 Å². The standard InChI is InChI=1S/C24H22F4N6O4/c1-11-21(23(35)36)12(2)33(31-11)20-7-19(17(27)8-29-20)38-14-9-32(10-14)24(37)34-18(3-4-30-34)15-5-13(25)6-16(26)22(15)28/h4-8,14,18,23,35-36H,3,9-10H2,1-2H3/t18-/m0/s1. The van der Waals surface area contributed by atoms with Crippen LogP contribution in [0.2, 0.25) is 0 Å². The van der Waals surface area contributed by atoms with Crippen molar-refractivity contribution in [2.45, 2.75) is 38.7 Å². The van der Waals surface area contributed by atoms with Crippen LogP contribution in [0.4, 0.5) is 22.4 Å². The van der Waals surface area contributed by atoms with Crippen molar-refractivity contribution >= 4 is 12.2 Å². The molecule has 4 heterocycles. The molecule has 2 aliphatic heterocycles. The van der Waals surface area contributed by atoms with Crippen molar-refractivity contribution in [3.8, 4) is 11.6 Å². The number of carbonyl (C=O) groups excluding carboxylic acids is 1. The SMILES string of the molecule is Cc1nn(-c2cc(OC3CN(C(=O)N4N=CC[C@H]4c4cc(F)cc(F)c4F)C3)c(F)cn2)c(C)c1C(O)O. The van der Waals surface area contributed by atoms with E-state index in [2.05, 4.69) is 15.2 Å². The van der Waals surface area contributed by atoms with Gasteiger partial charge in [-0.05, 0) is 19.9 Å². The fourth-order valence-corrected chi connectivity index (χ4v) is 4.54. The lowest BCUT2D eigenvalue weighted by atomic mass is 10.0. The number of pyridine rings is 1. The molecule has 0 unspecified atom stereocenters. The lowest BCUT2D eigenvalue weighted by Crippen LogP contribution is -2.59. The van der Waals surface area contributed by atoms with Crippen LogP contribution in [0.25, 0.3) is 5.82 Å².